The van der Waals surface area contributed by atoms with Gasteiger partial charge in [-0.25, -0.2) is 9.97 Å². The van der Waals surface area contributed by atoms with E-state index >= 15 is 0 Å². The lowest BCUT2D eigenvalue weighted by molar-refractivity contribution is 0.793. The SMILES string of the molecule is Cc1ccc(-n2c(C)c3c(=O)n(-c4ncccn4)[nH]c3cc2=O)cc1. The van der Waals surface area contributed by atoms with Gasteiger partial charge in [-0.05, 0) is 32.0 Å². The van der Waals surface area contributed by atoms with Crippen LogP contribution < -0.4 is 11.1 Å². The number of hydrogen-bond acceptors (Lipinski definition) is 4. The minimum Gasteiger partial charge on any atom is -0.287 e. The molecule has 7 heteroatoms. The van der Waals surface area contributed by atoms with Gasteiger partial charge in [0, 0.05) is 29.8 Å². The van der Waals surface area contributed by atoms with E-state index in [1.807, 2.05) is 31.2 Å². The van der Waals surface area contributed by atoms with E-state index in [4.69, 9.17) is 0 Å². The maximum atomic E-state index is 12.8. The van der Waals surface area contributed by atoms with E-state index in [0.29, 0.717) is 16.6 Å². The minimum atomic E-state index is -0.292. The highest BCUT2D eigenvalue weighted by Gasteiger charge is 2.16. The van der Waals surface area contributed by atoms with E-state index < -0.39 is 0 Å². The van der Waals surface area contributed by atoms with Crippen molar-refractivity contribution in [3.63, 3.8) is 0 Å². The van der Waals surface area contributed by atoms with Crippen LogP contribution in [0, 0.1) is 13.8 Å². The number of fused-ring (bicyclic) bond motifs is 1. The van der Waals surface area contributed by atoms with Crippen molar-refractivity contribution in [2.45, 2.75) is 13.8 Å². The average Bonchev–Trinajstić information content (AvgIpc) is 2.94. The number of pyridine rings is 1. The Morgan fingerprint density at radius 1 is 1.00 bits per heavy atom. The maximum Gasteiger partial charge on any atom is 0.283 e. The summed E-state index contributed by atoms with van der Waals surface area (Å²) < 4.78 is 2.78. The number of benzene rings is 1. The molecule has 25 heavy (non-hydrogen) atoms. The molecule has 4 aromatic rings. The summed E-state index contributed by atoms with van der Waals surface area (Å²) >= 11 is 0. The van der Waals surface area contributed by atoms with Crippen molar-refractivity contribution in [1.82, 2.24) is 24.3 Å². The molecule has 4 rings (SSSR count). The Labute approximate surface area is 142 Å². The molecule has 0 saturated carbocycles. The highest BCUT2D eigenvalue weighted by Crippen LogP contribution is 2.16. The van der Waals surface area contributed by atoms with Gasteiger partial charge in [-0.15, -0.1) is 0 Å². The average molecular weight is 333 g/mol. The molecule has 0 atom stereocenters. The Kier molecular flexibility index (Phi) is 3.35. The zero-order valence-electron chi connectivity index (χ0n) is 13.7. The van der Waals surface area contributed by atoms with Gasteiger partial charge in [0.1, 0.15) is 0 Å². The molecule has 0 radical (unpaired) electrons. The zero-order valence-corrected chi connectivity index (χ0v) is 13.7. The third kappa shape index (κ3) is 2.37. The minimum absolute atomic E-state index is 0.212. The van der Waals surface area contributed by atoms with Crippen LogP contribution in [0.2, 0.25) is 0 Å². The van der Waals surface area contributed by atoms with Crippen LogP contribution >= 0.6 is 0 Å². The first-order valence-electron chi connectivity index (χ1n) is 7.78. The zero-order chi connectivity index (χ0) is 17.6. The molecule has 3 heterocycles. The first kappa shape index (κ1) is 15.1. The number of nitrogens with one attached hydrogen (secondary N) is 1. The molecule has 0 spiro atoms. The fourth-order valence-electron chi connectivity index (χ4n) is 2.94. The number of rotatable bonds is 2. The van der Waals surface area contributed by atoms with Gasteiger partial charge in [-0.3, -0.25) is 19.3 Å². The summed E-state index contributed by atoms with van der Waals surface area (Å²) in [6.07, 6.45) is 3.11. The lowest BCUT2D eigenvalue weighted by Crippen LogP contribution is -2.22. The molecule has 7 nitrogen and oxygen atoms in total. The fourth-order valence-corrected chi connectivity index (χ4v) is 2.94. The molecule has 0 amide bonds. The lowest BCUT2D eigenvalue weighted by atomic mass is 10.2. The highest BCUT2D eigenvalue weighted by molar-refractivity contribution is 5.81. The van der Waals surface area contributed by atoms with Crippen LogP contribution in [0.1, 0.15) is 11.3 Å². The van der Waals surface area contributed by atoms with E-state index in [9.17, 15) is 9.59 Å². The van der Waals surface area contributed by atoms with Crippen LogP contribution in [0.4, 0.5) is 0 Å². The summed E-state index contributed by atoms with van der Waals surface area (Å²) in [5.74, 6) is 0.234. The van der Waals surface area contributed by atoms with Gasteiger partial charge >= 0.3 is 0 Å². The molecule has 0 bridgehead atoms. The molecular weight excluding hydrogens is 318 g/mol. The van der Waals surface area contributed by atoms with E-state index in [2.05, 4.69) is 15.1 Å². The largest absolute Gasteiger partial charge is 0.287 e. The van der Waals surface area contributed by atoms with Gasteiger partial charge in [0.25, 0.3) is 17.1 Å². The van der Waals surface area contributed by atoms with E-state index in [0.717, 1.165) is 11.3 Å². The van der Waals surface area contributed by atoms with Gasteiger partial charge in [0.15, 0.2) is 0 Å². The van der Waals surface area contributed by atoms with Crippen molar-refractivity contribution in [1.29, 1.82) is 0 Å². The Hall–Kier alpha value is -3.48. The van der Waals surface area contributed by atoms with Gasteiger partial charge in [-0.2, -0.15) is 4.68 Å². The van der Waals surface area contributed by atoms with Gasteiger partial charge < -0.3 is 0 Å². The third-order valence-electron chi connectivity index (χ3n) is 4.15. The van der Waals surface area contributed by atoms with Crippen molar-refractivity contribution in [3.8, 4) is 11.6 Å². The Balaban J connectivity index is 2.03. The Morgan fingerprint density at radius 2 is 1.68 bits per heavy atom. The van der Waals surface area contributed by atoms with Crippen molar-refractivity contribution in [3.05, 3.63) is 80.8 Å². The maximum absolute atomic E-state index is 12.8. The second-order valence-corrected chi connectivity index (χ2v) is 5.83. The summed E-state index contributed by atoms with van der Waals surface area (Å²) in [7, 11) is 0. The van der Waals surface area contributed by atoms with Gasteiger partial charge in [-0.1, -0.05) is 17.7 Å². The van der Waals surface area contributed by atoms with Crippen LogP contribution in [-0.4, -0.2) is 24.3 Å². The smallest absolute Gasteiger partial charge is 0.283 e. The lowest BCUT2D eigenvalue weighted by Gasteiger charge is -2.10. The molecule has 0 aliphatic carbocycles. The van der Waals surface area contributed by atoms with Crippen LogP contribution in [0.25, 0.3) is 22.5 Å². The van der Waals surface area contributed by atoms with Crippen molar-refractivity contribution in [2.24, 2.45) is 0 Å². The number of nitrogens with zero attached hydrogens (tertiary/aromatic N) is 4. The predicted molar refractivity (Wildman–Crippen MR) is 94.6 cm³/mol. The van der Waals surface area contributed by atoms with E-state index in [-0.39, 0.29) is 17.1 Å². The van der Waals surface area contributed by atoms with Crippen LogP contribution in [0.3, 0.4) is 0 Å². The van der Waals surface area contributed by atoms with Crippen LogP contribution in [-0.2, 0) is 0 Å². The quantitative estimate of drug-likeness (QED) is 0.607. The number of aromatic amines is 1. The summed E-state index contributed by atoms with van der Waals surface area (Å²) in [6.45, 7) is 3.74. The molecule has 3 aromatic heterocycles. The van der Waals surface area contributed by atoms with E-state index in [1.54, 1.807) is 25.4 Å². The van der Waals surface area contributed by atoms with Crippen molar-refractivity contribution in [2.75, 3.05) is 0 Å². The second kappa shape index (κ2) is 5.55. The summed E-state index contributed by atoms with van der Waals surface area (Å²) in [5, 5.41) is 3.35. The molecule has 0 aliphatic heterocycles. The normalized spacial score (nSPS) is 11.1. The molecule has 0 aliphatic rings. The Bertz CT molecular complexity index is 1180. The van der Waals surface area contributed by atoms with Crippen LogP contribution in [0.15, 0.2) is 58.4 Å². The molecule has 1 N–H and O–H groups in total. The monoisotopic (exact) mass is 333 g/mol. The number of H-pyrrole nitrogens is 1. The highest BCUT2D eigenvalue weighted by atomic mass is 16.1. The Morgan fingerprint density at radius 3 is 2.36 bits per heavy atom. The van der Waals surface area contributed by atoms with Crippen molar-refractivity contribution < 1.29 is 0 Å². The molecule has 0 unspecified atom stereocenters. The van der Waals surface area contributed by atoms with Gasteiger partial charge in [0.2, 0.25) is 0 Å². The fraction of sp³-hybridized carbons (Fsp3) is 0.111. The van der Waals surface area contributed by atoms with Crippen LogP contribution in [0.5, 0.6) is 0 Å². The predicted octanol–water partition coefficient (Wildman–Crippen LogP) is 1.88. The van der Waals surface area contributed by atoms with Crippen molar-refractivity contribution >= 4 is 10.9 Å². The first-order chi connectivity index (χ1) is 12.1. The molecule has 0 saturated heterocycles. The topological polar surface area (TPSA) is 85.6 Å². The first-order valence-corrected chi connectivity index (χ1v) is 7.78. The molecule has 124 valence electrons. The second-order valence-electron chi connectivity index (χ2n) is 5.83. The number of hydrogen-bond donors (Lipinski definition) is 1. The molecule has 1 aromatic carbocycles. The summed E-state index contributed by atoms with van der Waals surface area (Å²) in [6, 6.07) is 10.7. The number of aromatic nitrogens is 5. The molecular formula is C18H15N5O2. The van der Waals surface area contributed by atoms with Gasteiger partial charge in [0.05, 0.1) is 10.9 Å². The number of aryl methyl sites for hydroxylation is 2. The van der Waals surface area contributed by atoms with E-state index in [1.165, 1.54) is 15.3 Å². The molecule has 0 fully saturated rings. The summed E-state index contributed by atoms with van der Waals surface area (Å²) in [5.41, 5.74) is 2.35. The third-order valence-corrected chi connectivity index (χ3v) is 4.15. The summed E-state index contributed by atoms with van der Waals surface area (Å²) in [4.78, 5) is 33.6. The standard InChI is InChI=1S/C18H15N5O2/c1-11-4-6-13(7-5-11)22-12(2)16-14(10-15(22)24)21-23(17(16)25)18-19-8-3-9-20-18/h3-10,21H,1-2H3.